The summed E-state index contributed by atoms with van der Waals surface area (Å²) in [7, 11) is 0. The average molecular weight is 279 g/mol. The third-order valence-electron chi connectivity index (χ3n) is 2.53. The number of nitro groups is 2. The van der Waals surface area contributed by atoms with Gasteiger partial charge in [-0.25, -0.2) is 0 Å². The number of benzene rings is 2. The second-order valence-corrected chi connectivity index (χ2v) is 4.11. The maximum Gasteiger partial charge on any atom is 0.296 e. The predicted molar refractivity (Wildman–Crippen MR) is 70.2 cm³/mol. The van der Waals surface area contributed by atoms with Crippen LogP contribution in [0.15, 0.2) is 42.5 Å². The summed E-state index contributed by atoms with van der Waals surface area (Å²) >= 11 is 5.78. The van der Waals surface area contributed by atoms with Crippen LogP contribution in [0, 0.1) is 20.2 Å². The summed E-state index contributed by atoms with van der Waals surface area (Å²) in [5.74, 6) is 0. The first-order chi connectivity index (χ1) is 9.00. The lowest BCUT2D eigenvalue weighted by Crippen LogP contribution is -1.96. The van der Waals surface area contributed by atoms with E-state index in [0.29, 0.717) is 5.56 Å². The third kappa shape index (κ3) is 2.53. The zero-order chi connectivity index (χ0) is 14.0. The minimum absolute atomic E-state index is 0.129. The van der Waals surface area contributed by atoms with Gasteiger partial charge in [0.15, 0.2) is 0 Å². The van der Waals surface area contributed by atoms with E-state index in [1.54, 1.807) is 30.3 Å². The van der Waals surface area contributed by atoms with E-state index < -0.39 is 9.85 Å². The molecule has 0 N–H and O–H groups in total. The number of nitro benzene ring substituents is 2. The Morgan fingerprint density at radius 2 is 1.58 bits per heavy atom. The van der Waals surface area contributed by atoms with Crippen LogP contribution in [0.4, 0.5) is 11.4 Å². The van der Waals surface area contributed by atoms with Gasteiger partial charge in [0, 0.05) is 12.1 Å². The molecule has 0 aliphatic carbocycles. The Morgan fingerprint density at radius 1 is 0.947 bits per heavy atom. The molecule has 0 spiro atoms. The maximum absolute atomic E-state index is 11.0. The highest BCUT2D eigenvalue weighted by Crippen LogP contribution is 2.39. The van der Waals surface area contributed by atoms with E-state index in [4.69, 9.17) is 11.6 Å². The summed E-state index contributed by atoms with van der Waals surface area (Å²) in [6, 6.07) is 10.5. The van der Waals surface area contributed by atoms with Crippen molar-refractivity contribution in [3.63, 3.8) is 0 Å². The smallest absolute Gasteiger partial charge is 0.258 e. The standard InChI is InChI=1S/C12H7ClN2O4/c13-11-7-9(14(16)17)6-10(12(11)15(18)19)8-4-2-1-3-5-8/h1-7H. The molecule has 0 unspecified atom stereocenters. The molecule has 7 heteroatoms. The van der Waals surface area contributed by atoms with Gasteiger partial charge in [-0.1, -0.05) is 41.9 Å². The van der Waals surface area contributed by atoms with Crippen LogP contribution in [0.3, 0.4) is 0 Å². The van der Waals surface area contributed by atoms with Crippen molar-refractivity contribution in [2.75, 3.05) is 0 Å². The quantitative estimate of drug-likeness (QED) is 0.631. The molecule has 0 bridgehead atoms. The summed E-state index contributed by atoms with van der Waals surface area (Å²) in [5.41, 5.74) is 0.0116. The molecule has 0 fully saturated rings. The Bertz CT molecular complexity index is 658. The zero-order valence-corrected chi connectivity index (χ0v) is 10.2. The van der Waals surface area contributed by atoms with Crippen molar-refractivity contribution in [3.05, 3.63) is 67.7 Å². The van der Waals surface area contributed by atoms with Crippen LogP contribution < -0.4 is 0 Å². The third-order valence-corrected chi connectivity index (χ3v) is 2.81. The van der Waals surface area contributed by atoms with E-state index >= 15 is 0 Å². The van der Waals surface area contributed by atoms with E-state index in [-0.39, 0.29) is 22.0 Å². The molecule has 0 atom stereocenters. The Hall–Kier alpha value is -2.47. The first-order valence-corrected chi connectivity index (χ1v) is 5.56. The first kappa shape index (κ1) is 13.0. The summed E-state index contributed by atoms with van der Waals surface area (Å²) in [5, 5.41) is 21.6. The fourth-order valence-electron chi connectivity index (χ4n) is 1.71. The zero-order valence-electron chi connectivity index (χ0n) is 9.45. The number of halogens is 1. The second-order valence-electron chi connectivity index (χ2n) is 3.70. The molecule has 0 heterocycles. The highest BCUT2D eigenvalue weighted by molar-refractivity contribution is 6.33. The van der Waals surface area contributed by atoms with Crippen LogP contribution in [-0.2, 0) is 0 Å². The Labute approximate surface area is 112 Å². The molecular weight excluding hydrogens is 272 g/mol. The summed E-state index contributed by atoms with van der Waals surface area (Å²) < 4.78 is 0. The Kier molecular flexibility index (Phi) is 3.43. The van der Waals surface area contributed by atoms with Gasteiger partial charge >= 0.3 is 0 Å². The van der Waals surface area contributed by atoms with Crippen molar-refractivity contribution in [2.45, 2.75) is 0 Å². The predicted octanol–water partition coefficient (Wildman–Crippen LogP) is 3.82. The van der Waals surface area contributed by atoms with E-state index in [0.717, 1.165) is 12.1 Å². The van der Waals surface area contributed by atoms with Crippen molar-refractivity contribution in [2.24, 2.45) is 0 Å². The molecule has 0 saturated carbocycles. The fraction of sp³-hybridized carbons (Fsp3) is 0. The van der Waals surface area contributed by atoms with Crippen molar-refractivity contribution < 1.29 is 9.85 Å². The van der Waals surface area contributed by atoms with Gasteiger partial charge in [-0.3, -0.25) is 20.2 Å². The van der Waals surface area contributed by atoms with Gasteiger partial charge in [-0.15, -0.1) is 0 Å². The summed E-state index contributed by atoms with van der Waals surface area (Å²) in [6.07, 6.45) is 0. The number of non-ortho nitro benzene ring substituents is 1. The van der Waals surface area contributed by atoms with E-state index in [1.165, 1.54) is 0 Å². The van der Waals surface area contributed by atoms with Gasteiger partial charge in [0.05, 0.1) is 15.4 Å². The van der Waals surface area contributed by atoms with Gasteiger partial charge in [0.2, 0.25) is 0 Å². The lowest BCUT2D eigenvalue weighted by Gasteiger charge is -2.04. The van der Waals surface area contributed by atoms with E-state index in [1.807, 2.05) is 0 Å². The molecule has 0 aromatic heterocycles. The second kappa shape index (κ2) is 5.03. The molecule has 0 aliphatic rings. The van der Waals surface area contributed by atoms with Gasteiger partial charge in [0.25, 0.3) is 11.4 Å². The average Bonchev–Trinajstić information content (AvgIpc) is 2.38. The molecule has 0 radical (unpaired) electrons. The molecule has 96 valence electrons. The Balaban J connectivity index is 2.76. The van der Waals surface area contributed by atoms with Crippen molar-refractivity contribution in [3.8, 4) is 11.1 Å². The van der Waals surface area contributed by atoms with Crippen molar-refractivity contribution in [1.82, 2.24) is 0 Å². The number of rotatable bonds is 3. The highest BCUT2D eigenvalue weighted by Gasteiger charge is 2.24. The molecule has 0 amide bonds. The molecule has 0 saturated heterocycles. The molecule has 2 aromatic carbocycles. The molecular formula is C12H7ClN2O4. The first-order valence-electron chi connectivity index (χ1n) is 5.18. The highest BCUT2D eigenvalue weighted by atomic mass is 35.5. The molecule has 6 nitrogen and oxygen atoms in total. The van der Waals surface area contributed by atoms with E-state index in [9.17, 15) is 20.2 Å². The molecule has 0 aliphatic heterocycles. The van der Waals surface area contributed by atoms with Gasteiger partial charge in [0.1, 0.15) is 5.02 Å². The van der Waals surface area contributed by atoms with Crippen LogP contribution in [0.2, 0.25) is 5.02 Å². The molecule has 19 heavy (non-hydrogen) atoms. The largest absolute Gasteiger partial charge is 0.296 e. The number of hydrogen-bond acceptors (Lipinski definition) is 4. The van der Waals surface area contributed by atoms with E-state index in [2.05, 4.69) is 0 Å². The summed E-state index contributed by atoms with van der Waals surface area (Å²) in [4.78, 5) is 20.6. The van der Waals surface area contributed by atoms with Crippen molar-refractivity contribution in [1.29, 1.82) is 0 Å². The minimum atomic E-state index is -0.644. The van der Waals surface area contributed by atoms with Gasteiger partial charge in [-0.2, -0.15) is 0 Å². The lowest BCUT2D eigenvalue weighted by molar-refractivity contribution is -0.388. The van der Waals surface area contributed by atoms with Crippen LogP contribution >= 0.6 is 11.6 Å². The Morgan fingerprint density at radius 3 is 2.11 bits per heavy atom. The maximum atomic E-state index is 11.0. The summed E-state index contributed by atoms with van der Waals surface area (Å²) in [6.45, 7) is 0. The van der Waals surface area contributed by atoms with Gasteiger partial charge in [-0.05, 0) is 5.56 Å². The number of hydrogen-bond donors (Lipinski definition) is 0. The minimum Gasteiger partial charge on any atom is -0.258 e. The fourth-order valence-corrected chi connectivity index (χ4v) is 2.00. The van der Waals surface area contributed by atoms with Gasteiger partial charge < -0.3 is 0 Å². The normalized spacial score (nSPS) is 10.2. The number of nitrogens with zero attached hydrogens (tertiary/aromatic N) is 2. The lowest BCUT2D eigenvalue weighted by atomic mass is 10.0. The van der Waals surface area contributed by atoms with Crippen LogP contribution in [0.25, 0.3) is 11.1 Å². The van der Waals surface area contributed by atoms with Crippen LogP contribution in [0.1, 0.15) is 0 Å². The SMILES string of the molecule is O=[N+]([O-])c1cc(Cl)c([N+](=O)[O-])c(-c2ccccc2)c1. The van der Waals surface area contributed by atoms with Crippen LogP contribution in [-0.4, -0.2) is 9.85 Å². The molecule has 2 aromatic rings. The van der Waals surface area contributed by atoms with Crippen molar-refractivity contribution >= 4 is 23.0 Å². The topological polar surface area (TPSA) is 86.3 Å². The monoisotopic (exact) mass is 278 g/mol. The molecule has 2 rings (SSSR count). The van der Waals surface area contributed by atoms with Crippen LogP contribution in [0.5, 0.6) is 0 Å².